The summed E-state index contributed by atoms with van der Waals surface area (Å²) in [6, 6.07) is -0.890. The van der Waals surface area contributed by atoms with Gasteiger partial charge in [-0.3, -0.25) is 4.79 Å². The molecule has 10 nitrogen and oxygen atoms in total. The number of piperidine rings is 1. The van der Waals surface area contributed by atoms with Crippen LogP contribution >= 0.6 is 23.4 Å². The van der Waals surface area contributed by atoms with E-state index in [0.717, 1.165) is 38.8 Å². The zero-order chi connectivity index (χ0) is 26.0. The Balaban J connectivity index is 1.50. The van der Waals surface area contributed by atoms with Gasteiger partial charge in [-0.15, -0.1) is 23.4 Å². The number of fused-ring (bicyclic) bond motifs is 1. The third-order valence-electron chi connectivity index (χ3n) is 8.45. The fourth-order valence-electron chi connectivity index (χ4n) is 6.37. The Morgan fingerprint density at radius 3 is 2.53 bits per heavy atom. The number of amides is 1. The number of carbonyl (C=O) groups is 1. The predicted molar refractivity (Wildman–Crippen MR) is 138 cm³/mol. The van der Waals surface area contributed by atoms with Gasteiger partial charge in [0.2, 0.25) is 0 Å². The van der Waals surface area contributed by atoms with E-state index in [4.69, 9.17) is 27.6 Å². The second-order valence-electron chi connectivity index (χ2n) is 10.6. The summed E-state index contributed by atoms with van der Waals surface area (Å²) in [5.74, 6) is 0.724. The molecule has 0 aromatic carbocycles. The maximum absolute atomic E-state index is 13.8. The van der Waals surface area contributed by atoms with E-state index < -0.39 is 58.9 Å². The first-order valence-electron chi connectivity index (χ1n) is 12.9. The summed E-state index contributed by atoms with van der Waals surface area (Å²) in [7, 11) is 0. The Kier molecular flexibility index (Phi) is 9.45. The quantitative estimate of drug-likeness (QED) is 0.253. The van der Waals surface area contributed by atoms with E-state index >= 15 is 0 Å². The number of aliphatic hydroxyl groups excluding tert-OH is 3. The zero-order valence-electron chi connectivity index (χ0n) is 20.9. The fraction of sp³-hybridized carbons (Fsp3) is 0.917. The highest BCUT2D eigenvalue weighted by Crippen LogP contribution is 2.41. The van der Waals surface area contributed by atoms with Crippen LogP contribution in [0, 0.1) is 24.3 Å². The molecular weight excluding hydrogens is 508 g/mol. The van der Waals surface area contributed by atoms with Crippen LogP contribution in [0.4, 0.5) is 0 Å². The van der Waals surface area contributed by atoms with Crippen molar-refractivity contribution in [2.45, 2.75) is 85.6 Å². The van der Waals surface area contributed by atoms with E-state index in [1.807, 2.05) is 0 Å². The smallest absolute Gasteiger partial charge is 0.388 e. The largest absolute Gasteiger partial charge is 0.437 e. The molecule has 0 bridgehead atoms. The van der Waals surface area contributed by atoms with Crippen molar-refractivity contribution in [3.05, 3.63) is 4.85 Å². The van der Waals surface area contributed by atoms with E-state index in [2.05, 4.69) is 20.8 Å². The monoisotopic (exact) mass is 547 g/mol. The molecule has 4 fully saturated rings. The first kappa shape index (κ1) is 28.3. The van der Waals surface area contributed by atoms with Crippen LogP contribution in [0.15, 0.2) is 0 Å². The molecule has 0 aliphatic carbocycles. The highest BCUT2D eigenvalue weighted by atomic mass is 35.5. The molecule has 11 atom stereocenters. The third-order valence-corrected chi connectivity index (χ3v) is 9.58. The molecule has 0 aromatic rings. The van der Waals surface area contributed by atoms with Gasteiger partial charge in [-0.1, -0.05) is 0 Å². The normalized spacial score (nSPS) is 43.6. The molecular formula is C24H40ClN4O6S+. The molecule has 4 aliphatic heterocycles. The predicted octanol–water partition coefficient (Wildman–Crippen LogP) is -0.0577. The number of alkyl halides is 1. The number of hydrogen-bond acceptors (Lipinski definition) is 9. The summed E-state index contributed by atoms with van der Waals surface area (Å²) in [5, 5.41) is 40.1. The van der Waals surface area contributed by atoms with E-state index in [0.29, 0.717) is 25.0 Å². The highest BCUT2D eigenvalue weighted by Gasteiger charge is 2.66. The van der Waals surface area contributed by atoms with Gasteiger partial charge < -0.3 is 35.4 Å². The topological polar surface area (TPSA) is 137 Å². The SMILES string of the molecule is C#[N+][C@]1(C(=O)N[C@H]([C@H](C)Cl)[C@H]2OC(SC)[C@H](O)C(O)C2O)NC[C@@H]2C[C@@H](C3CCNCC3)CCO[C@H]21. The molecule has 12 heteroatoms. The molecule has 36 heavy (non-hydrogen) atoms. The molecule has 0 radical (unpaired) electrons. The average molecular weight is 548 g/mol. The van der Waals surface area contributed by atoms with Crippen molar-refractivity contribution < 1.29 is 29.6 Å². The third kappa shape index (κ3) is 5.40. The van der Waals surface area contributed by atoms with Crippen molar-refractivity contribution in [3.63, 3.8) is 0 Å². The van der Waals surface area contributed by atoms with Crippen molar-refractivity contribution >= 4 is 29.3 Å². The molecule has 1 amide bonds. The van der Waals surface area contributed by atoms with Gasteiger partial charge in [0.15, 0.2) is 6.10 Å². The maximum Gasteiger partial charge on any atom is 0.437 e. The van der Waals surface area contributed by atoms with Crippen molar-refractivity contribution in [2.75, 3.05) is 32.5 Å². The van der Waals surface area contributed by atoms with E-state index in [1.54, 1.807) is 13.2 Å². The number of ether oxygens (including phenoxy) is 2. The lowest BCUT2D eigenvalue weighted by Gasteiger charge is -2.44. The van der Waals surface area contributed by atoms with Crippen LogP contribution < -0.4 is 16.0 Å². The second-order valence-corrected chi connectivity index (χ2v) is 12.2. The average Bonchev–Trinajstić information content (AvgIpc) is 3.09. The van der Waals surface area contributed by atoms with Crippen molar-refractivity contribution in [1.82, 2.24) is 16.0 Å². The zero-order valence-corrected chi connectivity index (χ0v) is 22.5. The van der Waals surface area contributed by atoms with E-state index in [-0.39, 0.29) is 5.92 Å². The van der Waals surface area contributed by atoms with Gasteiger partial charge in [0.25, 0.3) is 6.57 Å². The van der Waals surface area contributed by atoms with Crippen molar-refractivity contribution in [1.29, 1.82) is 0 Å². The van der Waals surface area contributed by atoms with E-state index in [9.17, 15) is 20.1 Å². The fourth-order valence-corrected chi connectivity index (χ4v) is 7.25. The summed E-state index contributed by atoms with van der Waals surface area (Å²) in [6.45, 7) is 10.7. The standard InChI is InChI=1S/C24H39ClN4O6S/c1-12(25)16(20-18(31)17(30)19(32)22(35-20)36-3)29-23(33)24(26-2)21-15(11-28-24)10-14(6-9-34-21)13-4-7-27-8-5-13/h2,12-22,27-28,30-32H,4-11H2,1,3H3/p+1/t12-,14-,15-,16+,17?,18?,19+,20+,21+,22?,24-/m0/s1. The van der Waals surface area contributed by atoms with Crippen LogP contribution in [0.5, 0.6) is 0 Å². The number of nitrogens with zero attached hydrogens (tertiary/aromatic N) is 1. The van der Waals surface area contributed by atoms with E-state index in [1.165, 1.54) is 11.8 Å². The van der Waals surface area contributed by atoms with Gasteiger partial charge in [0.05, 0.1) is 11.4 Å². The first-order valence-corrected chi connectivity index (χ1v) is 14.6. The Labute approximate surface area is 222 Å². The van der Waals surface area contributed by atoms with Crippen LogP contribution in [0.25, 0.3) is 4.85 Å². The van der Waals surface area contributed by atoms with Crippen molar-refractivity contribution in [2.24, 2.45) is 17.8 Å². The van der Waals surface area contributed by atoms with Gasteiger partial charge in [0.1, 0.15) is 29.9 Å². The summed E-state index contributed by atoms with van der Waals surface area (Å²) >= 11 is 7.65. The minimum absolute atomic E-state index is 0.0756. The molecule has 0 spiro atoms. The Morgan fingerprint density at radius 2 is 1.89 bits per heavy atom. The molecule has 3 unspecified atom stereocenters. The summed E-state index contributed by atoms with van der Waals surface area (Å²) < 4.78 is 12.1. The lowest BCUT2D eigenvalue weighted by molar-refractivity contribution is -0.205. The minimum atomic E-state index is -1.51. The number of nitrogens with one attached hydrogen (secondary N) is 3. The Bertz CT molecular complexity index is 812. The molecule has 4 aliphatic rings. The summed E-state index contributed by atoms with van der Waals surface area (Å²) in [4.78, 5) is 17.8. The van der Waals surface area contributed by atoms with Gasteiger partial charge in [0, 0.05) is 19.1 Å². The van der Waals surface area contributed by atoms with Gasteiger partial charge in [-0.05, 0) is 68.6 Å². The second kappa shape index (κ2) is 12.0. The van der Waals surface area contributed by atoms with Crippen LogP contribution in [0.2, 0.25) is 0 Å². The number of hydrogen-bond donors (Lipinski definition) is 6. The van der Waals surface area contributed by atoms with Crippen LogP contribution in [-0.4, -0.2) is 107 Å². The molecule has 204 valence electrons. The van der Waals surface area contributed by atoms with Crippen LogP contribution in [0.3, 0.4) is 0 Å². The maximum atomic E-state index is 13.8. The highest BCUT2D eigenvalue weighted by molar-refractivity contribution is 7.99. The molecule has 4 rings (SSSR count). The molecule has 4 saturated heterocycles. The molecule has 6 N–H and O–H groups in total. The number of halogens is 1. The van der Waals surface area contributed by atoms with Gasteiger partial charge in [-0.25, -0.2) is 5.32 Å². The summed E-state index contributed by atoms with van der Waals surface area (Å²) in [5.41, 5.74) is -2.29. The van der Waals surface area contributed by atoms with Crippen molar-refractivity contribution in [3.8, 4) is 6.57 Å². The van der Waals surface area contributed by atoms with Crippen LogP contribution in [-0.2, 0) is 14.3 Å². The number of thioether (sulfide) groups is 1. The molecule has 4 heterocycles. The Morgan fingerprint density at radius 1 is 1.17 bits per heavy atom. The van der Waals surface area contributed by atoms with Crippen LogP contribution in [0.1, 0.15) is 32.6 Å². The summed E-state index contributed by atoms with van der Waals surface area (Å²) in [6.07, 6.45) is 0.137. The number of rotatable bonds is 6. The number of carbonyl (C=O) groups excluding carboxylic acids is 1. The number of aliphatic hydroxyl groups is 3. The minimum Gasteiger partial charge on any atom is -0.388 e. The first-order chi connectivity index (χ1) is 17.2. The Hall–Kier alpha value is -0.680. The molecule has 0 aromatic heterocycles. The lowest BCUT2D eigenvalue weighted by Crippen LogP contribution is -2.67. The van der Waals surface area contributed by atoms with Gasteiger partial charge >= 0.3 is 11.6 Å². The lowest BCUT2D eigenvalue weighted by atomic mass is 9.77. The molecule has 0 saturated carbocycles. The van der Waals surface area contributed by atoms with Gasteiger partial charge in [-0.2, -0.15) is 0 Å².